The minimum atomic E-state index is -0.333. The third kappa shape index (κ3) is 3.26. The van der Waals surface area contributed by atoms with Crippen LogP contribution in [0.15, 0.2) is 48.8 Å². The lowest BCUT2D eigenvalue weighted by Gasteiger charge is -2.18. The number of amides is 2. The van der Waals surface area contributed by atoms with Crippen molar-refractivity contribution in [2.24, 2.45) is 0 Å². The number of fused-ring (bicyclic) bond motifs is 1. The number of ether oxygens (including phenoxy) is 2. The quantitative estimate of drug-likeness (QED) is 0.734. The van der Waals surface area contributed by atoms with Crippen LogP contribution >= 0.6 is 0 Å². The van der Waals surface area contributed by atoms with E-state index in [-0.39, 0.29) is 18.2 Å². The van der Waals surface area contributed by atoms with Crippen molar-refractivity contribution >= 4 is 11.7 Å². The van der Waals surface area contributed by atoms with Gasteiger partial charge in [-0.15, -0.1) is 5.10 Å². The van der Waals surface area contributed by atoms with Crippen molar-refractivity contribution in [3.63, 3.8) is 0 Å². The molecule has 138 valence electrons. The molecule has 4 rings (SSSR count). The predicted molar refractivity (Wildman–Crippen MR) is 97.1 cm³/mol. The van der Waals surface area contributed by atoms with E-state index in [0.29, 0.717) is 17.1 Å². The summed E-state index contributed by atoms with van der Waals surface area (Å²) < 4.78 is 12.6. The number of anilines is 1. The molecule has 0 aliphatic carbocycles. The molecule has 3 aromatic rings. The topological polar surface area (TPSA) is 103 Å². The maximum absolute atomic E-state index is 12.5. The molecule has 1 aromatic heterocycles. The van der Waals surface area contributed by atoms with Gasteiger partial charge in [0.25, 0.3) is 0 Å². The smallest absolute Gasteiger partial charge is 0.319 e. The van der Waals surface area contributed by atoms with E-state index in [1.54, 1.807) is 25.3 Å². The first kappa shape index (κ1) is 16.8. The molecule has 1 aliphatic rings. The van der Waals surface area contributed by atoms with Crippen molar-refractivity contribution in [1.29, 1.82) is 0 Å². The van der Waals surface area contributed by atoms with Crippen molar-refractivity contribution in [1.82, 2.24) is 25.5 Å². The predicted octanol–water partition coefficient (Wildman–Crippen LogP) is 2.31. The van der Waals surface area contributed by atoms with E-state index in [0.717, 1.165) is 11.3 Å². The Kier molecular flexibility index (Phi) is 4.33. The lowest BCUT2D eigenvalue weighted by molar-refractivity contribution is 0.204. The average molecular weight is 366 g/mol. The van der Waals surface area contributed by atoms with Crippen molar-refractivity contribution in [2.45, 2.75) is 19.1 Å². The number of para-hydroxylation sites is 1. The largest absolute Gasteiger partial charge is 0.494 e. The summed E-state index contributed by atoms with van der Waals surface area (Å²) in [6, 6.07) is 12.3. The number of nitrogens with one attached hydrogen (secondary N) is 2. The number of hydrogen-bond donors (Lipinski definition) is 2. The molecular weight excluding hydrogens is 348 g/mol. The van der Waals surface area contributed by atoms with Gasteiger partial charge in [-0.2, -0.15) is 4.68 Å². The molecule has 9 nitrogen and oxygen atoms in total. The summed E-state index contributed by atoms with van der Waals surface area (Å²) in [4.78, 5) is 12.5. The van der Waals surface area contributed by atoms with Crippen LogP contribution in [0.5, 0.6) is 11.5 Å². The van der Waals surface area contributed by atoms with Crippen LogP contribution in [-0.4, -0.2) is 39.5 Å². The molecule has 0 saturated heterocycles. The molecule has 0 radical (unpaired) electrons. The molecule has 0 fully saturated rings. The average Bonchev–Trinajstić information content (AvgIpc) is 3.30. The van der Waals surface area contributed by atoms with Crippen LogP contribution in [0.4, 0.5) is 10.5 Å². The first-order valence-electron chi connectivity index (χ1n) is 8.40. The van der Waals surface area contributed by atoms with Gasteiger partial charge in [-0.3, -0.25) is 0 Å². The van der Waals surface area contributed by atoms with Crippen LogP contribution in [0.25, 0.3) is 5.69 Å². The summed E-state index contributed by atoms with van der Waals surface area (Å²) in [5, 5.41) is 16.9. The van der Waals surface area contributed by atoms with Gasteiger partial charge in [-0.05, 0) is 41.6 Å². The maximum atomic E-state index is 12.5. The number of methoxy groups -OCH3 is 1. The van der Waals surface area contributed by atoms with E-state index in [1.807, 2.05) is 31.2 Å². The van der Waals surface area contributed by atoms with Crippen molar-refractivity contribution in [3.8, 4) is 17.2 Å². The highest BCUT2D eigenvalue weighted by Crippen LogP contribution is 2.36. The van der Waals surface area contributed by atoms with E-state index in [9.17, 15) is 4.79 Å². The Balaban J connectivity index is 1.51. The number of tetrazole rings is 1. The molecule has 2 amide bonds. The molecule has 0 saturated carbocycles. The van der Waals surface area contributed by atoms with Gasteiger partial charge in [0, 0.05) is 11.3 Å². The van der Waals surface area contributed by atoms with Crippen LogP contribution in [0.2, 0.25) is 0 Å². The standard InChI is InChI=1S/C18H18N6O3/c1-11-17(13-5-3-4-6-15(13)27-11)21-18(25)20-12-7-8-16(26-2)14(9-12)24-10-19-22-23-24/h3-11,17H,1-2H3,(H2,20,21,25). The number of aromatic nitrogens is 4. The zero-order valence-corrected chi connectivity index (χ0v) is 14.8. The summed E-state index contributed by atoms with van der Waals surface area (Å²) in [5.74, 6) is 1.38. The molecule has 2 heterocycles. The minimum Gasteiger partial charge on any atom is -0.494 e. The summed E-state index contributed by atoms with van der Waals surface area (Å²) in [6.45, 7) is 1.92. The zero-order chi connectivity index (χ0) is 18.8. The van der Waals surface area contributed by atoms with Gasteiger partial charge in [0.05, 0.1) is 13.2 Å². The van der Waals surface area contributed by atoms with Gasteiger partial charge in [0.2, 0.25) is 0 Å². The first-order valence-corrected chi connectivity index (χ1v) is 8.40. The fourth-order valence-electron chi connectivity index (χ4n) is 3.09. The Bertz CT molecular complexity index is 959. The number of benzene rings is 2. The van der Waals surface area contributed by atoms with E-state index >= 15 is 0 Å². The highest BCUT2D eigenvalue weighted by molar-refractivity contribution is 5.90. The molecule has 2 N–H and O–H groups in total. The van der Waals surface area contributed by atoms with Crippen LogP contribution in [0.1, 0.15) is 18.5 Å². The summed E-state index contributed by atoms with van der Waals surface area (Å²) >= 11 is 0. The van der Waals surface area contributed by atoms with E-state index in [1.165, 1.54) is 11.0 Å². The van der Waals surface area contributed by atoms with Gasteiger partial charge >= 0.3 is 6.03 Å². The molecule has 27 heavy (non-hydrogen) atoms. The Morgan fingerprint density at radius 3 is 2.89 bits per heavy atom. The van der Waals surface area contributed by atoms with Crippen LogP contribution < -0.4 is 20.1 Å². The number of carbonyl (C=O) groups excluding carboxylic acids is 1. The first-order chi connectivity index (χ1) is 13.2. The van der Waals surface area contributed by atoms with Crippen LogP contribution in [0.3, 0.4) is 0 Å². The number of urea groups is 1. The number of hydrogen-bond acceptors (Lipinski definition) is 6. The molecule has 9 heteroatoms. The molecule has 2 atom stereocenters. The van der Waals surface area contributed by atoms with Gasteiger partial charge < -0.3 is 20.1 Å². The van der Waals surface area contributed by atoms with Gasteiger partial charge in [-0.1, -0.05) is 18.2 Å². The lowest BCUT2D eigenvalue weighted by Crippen LogP contribution is -2.36. The van der Waals surface area contributed by atoms with Gasteiger partial charge in [-0.25, -0.2) is 4.79 Å². The molecular formula is C18H18N6O3. The summed E-state index contributed by atoms with van der Waals surface area (Å²) in [6.07, 6.45) is 1.30. The lowest BCUT2D eigenvalue weighted by atomic mass is 10.1. The van der Waals surface area contributed by atoms with Crippen molar-refractivity contribution in [3.05, 3.63) is 54.4 Å². The Morgan fingerprint density at radius 2 is 2.11 bits per heavy atom. The second kappa shape index (κ2) is 6.94. The Morgan fingerprint density at radius 1 is 1.26 bits per heavy atom. The van der Waals surface area contributed by atoms with Crippen LogP contribution in [-0.2, 0) is 0 Å². The molecule has 0 spiro atoms. The van der Waals surface area contributed by atoms with Crippen molar-refractivity contribution in [2.75, 3.05) is 12.4 Å². The third-order valence-electron chi connectivity index (χ3n) is 4.36. The minimum absolute atomic E-state index is 0.152. The van der Waals surface area contributed by atoms with E-state index in [4.69, 9.17) is 9.47 Å². The zero-order valence-electron chi connectivity index (χ0n) is 14.8. The fraction of sp³-hybridized carbons (Fsp3) is 0.222. The Labute approximate surface area is 155 Å². The summed E-state index contributed by atoms with van der Waals surface area (Å²) in [5.41, 5.74) is 2.16. The van der Waals surface area contributed by atoms with E-state index in [2.05, 4.69) is 26.2 Å². The molecule has 2 unspecified atom stereocenters. The number of rotatable bonds is 4. The second-order valence-electron chi connectivity index (χ2n) is 6.08. The maximum Gasteiger partial charge on any atom is 0.319 e. The summed E-state index contributed by atoms with van der Waals surface area (Å²) in [7, 11) is 1.56. The molecule has 1 aliphatic heterocycles. The molecule has 2 aromatic carbocycles. The normalized spacial score (nSPS) is 17.7. The molecule has 0 bridgehead atoms. The number of carbonyl (C=O) groups is 1. The Hall–Kier alpha value is -3.62. The third-order valence-corrected chi connectivity index (χ3v) is 4.36. The van der Waals surface area contributed by atoms with Gasteiger partial charge in [0.1, 0.15) is 29.6 Å². The fourth-order valence-corrected chi connectivity index (χ4v) is 3.09. The second-order valence-corrected chi connectivity index (χ2v) is 6.08. The number of nitrogens with zero attached hydrogens (tertiary/aromatic N) is 4. The van der Waals surface area contributed by atoms with Crippen molar-refractivity contribution < 1.29 is 14.3 Å². The highest BCUT2D eigenvalue weighted by atomic mass is 16.5. The van der Waals surface area contributed by atoms with Gasteiger partial charge in [0.15, 0.2) is 0 Å². The SMILES string of the molecule is COc1ccc(NC(=O)NC2c3ccccc3OC2C)cc1-n1cnnn1. The highest BCUT2D eigenvalue weighted by Gasteiger charge is 2.32. The monoisotopic (exact) mass is 366 g/mol. The van der Waals surface area contributed by atoms with E-state index < -0.39 is 0 Å². The van der Waals surface area contributed by atoms with Crippen LogP contribution in [0, 0.1) is 0 Å².